The van der Waals surface area contributed by atoms with Crippen LogP contribution < -0.4 is 10.6 Å². The molecule has 0 atom stereocenters. The highest BCUT2D eigenvalue weighted by Gasteiger charge is 2.16. The van der Waals surface area contributed by atoms with Crippen molar-refractivity contribution in [1.29, 1.82) is 0 Å². The van der Waals surface area contributed by atoms with Gasteiger partial charge in [-0.15, -0.1) is 0 Å². The van der Waals surface area contributed by atoms with Gasteiger partial charge in [-0.2, -0.15) is 15.0 Å². The first-order chi connectivity index (χ1) is 10.3. The van der Waals surface area contributed by atoms with Crippen LogP contribution in [0.15, 0.2) is 18.7 Å². The number of aromatic nitrogens is 5. The van der Waals surface area contributed by atoms with Gasteiger partial charge in [0.05, 0.1) is 0 Å². The van der Waals surface area contributed by atoms with Crippen LogP contribution in [0.1, 0.15) is 32.6 Å². The summed E-state index contributed by atoms with van der Waals surface area (Å²) in [6, 6.07) is 0. The van der Waals surface area contributed by atoms with E-state index in [9.17, 15) is 0 Å². The molecular weight excluding hydrogens is 266 g/mol. The fourth-order valence-corrected chi connectivity index (χ4v) is 2.34. The van der Waals surface area contributed by atoms with E-state index in [4.69, 9.17) is 0 Å². The summed E-state index contributed by atoms with van der Waals surface area (Å²) in [6.45, 7) is 3.70. The molecule has 1 aliphatic carbocycles. The summed E-state index contributed by atoms with van der Waals surface area (Å²) in [5, 5.41) is 6.44. The molecule has 112 valence electrons. The van der Waals surface area contributed by atoms with Crippen LogP contribution in [0, 0.1) is 5.92 Å². The summed E-state index contributed by atoms with van der Waals surface area (Å²) in [5.41, 5.74) is 0. The molecule has 1 aliphatic rings. The molecule has 1 saturated carbocycles. The average molecular weight is 287 g/mol. The molecule has 7 nitrogen and oxygen atoms in total. The molecule has 0 radical (unpaired) electrons. The Morgan fingerprint density at radius 3 is 2.62 bits per heavy atom. The van der Waals surface area contributed by atoms with E-state index < -0.39 is 0 Å². The second-order valence-electron chi connectivity index (χ2n) is 5.30. The number of hydrogen-bond donors (Lipinski definition) is 2. The maximum atomic E-state index is 4.45. The van der Waals surface area contributed by atoms with Crippen LogP contribution in [0.25, 0.3) is 5.95 Å². The fourth-order valence-electron chi connectivity index (χ4n) is 2.34. The van der Waals surface area contributed by atoms with E-state index in [0.29, 0.717) is 17.8 Å². The quantitative estimate of drug-likeness (QED) is 0.811. The van der Waals surface area contributed by atoms with Gasteiger partial charge >= 0.3 is 0 Å². The van der Waals surface area contributed by atoms with Crippen LogP contribution in [0.4, 0.5) is 11.9 Å². The van der Waals surface area contributed by atoms with Crippen molar-refractivity contribution in [2.24, 2.45) is 5.92 Å². The lowest BCUT2D eigenvalue weighted by Crippen LogP contribution is -2.17. The lowest BCUT2D eigenvalue weighted by molar-refractivity contribution is 0.303. The second kappa shape index (κ2) is 6.51. The Kier molecular flexibility index (Phi) is 4.28. The Hall–Kier alpha value is -2.18. The van der Waals surface area contributed by atoms with Crippen molar-refractivity contribution in [2.75, 3.05) is 23.7 Å². The monoisotopic (exact) mass is 287 g/mol. The summed E-state index contributed by atoms with van der Waals surface area (Å²) in [6.07, 6.45) is 10.5. The molecule has 0 spiro atoms. The zero-order chi connectivity index (χ0) is 14.5. The lowest BCUT2D eigenvalue weighted by atomic mass is 9.83. The molecule has 21 heavy (non-hydrogen) atoms. The second-order valence-corrected chi connectivity index (χ2v) is 5.30. The molecule has 1 fully saturated rings. The van der Waals surface area contributed by atoms with Crippen molar-refractivity contribution < 1.29 is 0 Å². The van der Waals surface area contributed by atoms with E-state index in [1.54, 1.807) is 17.1 Å². The number of imidazole rings is 1. The van der Waals surface area contributed by atoms with Crippen LogP contribution in [0.3, 0.4) is 0 Å². The van der Waals surface area contributed by atoms with Gasteiger partial charge in [-0.3, -0.25) is 4.57 Å². The molecule has 2 aromatic rings. The Morgan fingerprint density at radius 1 is 1.19 bits per heavy atom. The van der Waals surface area contributed by atoms with Gasteiger partial charge in [-0.05, 0) is 19.3 Å². The highest BCUT2D eigenvalue weighted by atomic mass is 15.3. The summed E-state index contributed by atoms with van der Waals surface area (Å²) in [5.74, 6) is 2.65. The fraction of sp³-hybridized carbons (Fsp3) is 0.571. The zero-order valence-corrected chi connectivity index (χ0v) is 12.3. The molecule has 0 aromatic carbocycles. The van der Waals surface area contributed by atoms with Crippen molar-refractivity contribution in [3.05, 3.63) is 18.7 Å². The van der Waals surface area contributed by atoms with Gasteiger partial charge < -0.3 is 10.6 Å². The van der Waals surface area contributed by atoms with E-state index in [2.05, 4.69) is 30.6 Å². The molecule has 2 aromatic heterocycles. The zero-order valence-electron chi connectivity index (χ0n) is 12.3. The summed E-state index contributed by atoms with van der Waals surface area (Å²) >= 11 is 0. The smallest absolute Gasteiger partial charge is 0.241 e. The number of rotatable bonds is 7. The largest absolute Gasteiger partial charge is 0.354 e. The molecule has 2 N–H and O–H groups in total. The Bertz CT molecular complexity index is 563. The van der Waals surface area contributed by atoms with E-state index >= 15 is 0 Å². The highest BCUT2D eigenvalue weighted by molar-refractivity contribution is 5.37. The maximum Gasteiger partial charge on any atom is 0.241 e. The van der Waals surface area contributed by atoms with Crippen LogP contribution in [-0.2, 0) is 0 Å². The van der Waals surface area contributed by atoms with E-state index in [1.807, 2.05) is 13.1 Å². The molecule has 2 heterocycles. The Morgan fingerprint density at radius 2 is 2.00 bits per heavy atom. The Labute approximate surface area is 124 Å². The molecule has 7 heteroatoms. The molecule has 0 unspecified atom stereocenters. The molecular formula is C14H21N7. The van der Waals surface area contributed by atoms with E-state index in [1.165, 1.54) is 25.7 Å². The summed E-state index contributed by atoms with van der Waals surface area (Å²) in [4.78, 5) is 17.3. The average Bonchev–Trinajstić information content (AvgIpc) is 2.96. The van der Waals surface area contributed by atoms with Crippen LogP contribution >= 0.6 is 0 Å². The van der Waals surface area contributed by atoms with E-state index in [0.717, 1.165) is 19.0 Å². The van der Waals surface area contributed by atoms with Crippen molar-refractivity contribution in [2.45, 2.75) is 32.6 Å². The lowest BCUT2D eigenvalue weighted by Gasteiger charge is -2.25. The van der Waals surface area contributed by atoms with Crippen molar-refractivity contribution in [3.63, 3.8) is 0 Å². The van der Waals surface area contributed by atoms with Crippen molar-refractivity contribution in [1.82, 2.24) is 24.5 Å². The molecule has 0 amide bonds. The highest BCUT2D eigenvalue weighted by Crippen LogP contribution is 2.29. The van der Waals surface area contributed by atoms with Crippen molar-refractivity contribution >= 4 is 11.9 Å². The number of nitrogens with zero attached hydrogens (tertiary/aromatic N) is 5. The third-order valence-corrected chi connectivity index (χ3v) is 3.75. The van der Waals surface area contributed by atoms with Crippen LogP contribution in [0.2, 0.25) is 0 Å². The first-order valence-electron chi connectivity index (χ1n) is 7.57. The van der Waals surface area contributed by atoms with Gasteiger partial charge in [0.25, 0.3) is 0 Å². The van der Waals surface area contributed by atoms with Gasteiger partial charge in [0.2, 0.25) is 17.8 Å². The third-order valence-electron chi connectivity index (χ3n) is 3.75. The van der Waals surface area contributed by atoms with Crippen LogP contribution in [-0.4, -0.2) is 37.6 Å². The molecule has 3 rings (SSSR count). The SMILES string of the molecule is CCNc1nc(NCCC2CCC2)nc(-n2ccnc2)n1. The van der Waals surface area contributed by atoms with Gasteiger partial charge in [-0.1, -0.05) is 19.3 Å². The minimum Gasteiger partial charge on any atom is -0.354 e. The first-order valence-corrected chi connectivity index (χ1v) is 7.57. The molecule has 0 bridgehead atoms. The first kappa shape index (κ1) is 13.8. The van der Waals surface area contributed by atoms with Crippen molar-refractivity contribution in [3.8, 4) is 5.95 Å². The summed E-state index contributed by atoms with van der Waals surface area (Å²) in [7, 11) is 0. The number of nitrogens with one attached hydrogen (secondary N) is 2. The third kappa shape index (κ3) is 3.48. The van der Waals surface area contributed by atoms with Gasteiger partial charge in [0.15, 0.2) is 0 Å². The summed E-state index contributed by atoms with van der Waals surface area (Å²) < 4.78 is 1.78. The molecule has 0 aliphatic heterocycles. The van der Waals surface area contributed by atoms with Gasteiger partial charge in [0, 0.05) is 25.5 Å². The van der Waals surface area contributed by atoms with Crippen LogP contribution in [0.5, 0.6) is 0 Å². The normalized spacial score (nSPS) is 14.7. The maximum absolute atomic E-state index is 4.45. The number of anilines is 2. The number of hydrogen-bond acceptors (Lipinski definition) is 6. The predicted molar refractivity (Wildman–Crippen MR) is 81.6 cm³/mol. The van der Waals surface area contributed by atoms with E-state index in [-0.39, 0.29) is 0 Å². The minimum atomic E-state index is 0.574. The predicted octanol–water partition coefficient (Wildman–Crippen LogP) is 2.09. The Balaban J connectivity index is 1.71. The standard InChI is InChI=1S/C14H21N7/c1-2-16-12-18-13(17-7-6-11-4-3-5-11)20-14(19-12)21-9-8-15-10-21/h8-11H,2-7H2,1H3,(H2,16,17,18,19,20). The van der Waals surface area contributed by atoms with Gasteiger partial charge in [0.1, 0.15) is 6.33 Å². The van der Waals surface area contributed by atoms with Gasteiger partial charge in [-0.25, -0.2) is 4.98 Å². The minimum absolute atomic E-state index is 0.574. The molecule has 0 saturated heterocycles. The topological polar surface area (TPSA) is 80.5 Å².